The topological polar surface area (TPSA) is 58.6 Å². The molecule has 0 spiro atoms. The number of hydrogen-bond donors (Lipinski definition) is 2. The minimum atomic E-state index is -0.431. The lowest BCUT2D eigenvalue weighted by molar-refractivity contribution is 0.177. The number of nitrogens with one attached hydrogen (secondary N) is 1. The van der Waals surface area contributed by atoms with E-state index < -0.39 is 6.09 Å². The highest BCUT2D eigenvalue weighted by atomic mass is 35.5. The van der Waals surface area contributed by atoms with E-state index in [0.29, 0.717) is 6.61 Å². The summed E-state index contributed by atoms with van der Waals surface area (Å²) in [5.41, 5.74) is 0.818. The number of rotatable bonds is 1. The van der Waals surface area contributed by atoms with Crippen molar-refractivity contribution in [3.8, 4) is 5.75 Å². The Hall–Kier alpha value is -1.42. The third-order valence-corrected chi connectivity index (χ3v) is 2.35. The Balaban J connectivity index is 2.24. The van der Waals surface area contributed by atoms with Crippen molar-refractivity contribution < 1.29 is 14.6 Å². The first-order valence-electron chi connectivity index (χ1n) is 4.08. The van der Waals surface area contributed by atoms with Crippen molar-refractivity contribution in [1.82, 2.24) is 5.32 Å². The van der Waals surface area contributed by atoms with E-state index in [1.54, 1.807) is 12.1 Å². The number of halogens is 1. The second-order valence-electron chi connectivity index (χ2n) is 3.01. The molecule has 0 unspecified atom stereocenters. The van der Waals surface area contributed by atoms with E-state index in [1.165, 1.54) is 6.07 Å². The van der Waals surface area contributed by atoms with Crippen molar-refractivity contribution >= 4 is 17.7 Å². The fourth-order valence-corrected chi connectivity index (χ4v) is 1.49. The summed E-state index contributed by atoms with van der Waals surface area (Å²) in [5.74, 6) is 0.0284. The number of phenols is 1. The van der Waals surface area contributed by atoms with Crippen LogP contribution in [-0.2, 0) is 4.74 Å². The predicted molar refractivity (Wildman–Crippen MR) is 50.3 cm³/mol. The third kappa shape index (κ3) is 1.61. The summed E-state index contributed by atoms with van der Waals surface area (Å²) in [5, 5.41) is 12.1. The number of carbonyl (C=O) groups excluding carboxylic acids is 1. The molecule has 5 heteroatoms. The summed E-state index contributed by atoms with van der Waals surface area (Å²) in [7, 11) is 0. The first kappa shape index (κ1) is 9.15. The van der Waals surface area contributed by atoms with Crippen LogP contribution in [-0.4, -0.2) is 17.8 Å². The van der Waals surface area contributed by atoms with E-state index in [0.717, 1.165) is 5.56 Å². The van der Waals surface area contributed by atoms with E-state index >= 15 is 0 Å². The Morgan fingerprint density at radius 2 is 2.36 bits per heavy atom. The molecule has 1 saturated heterocycles. The molecule has 1 heterocycles. The quantitative estimate of drug-likeness (QED) is 0.748. The molecule has 0 aromatic heterocycles. The van der Waals surface area contributed by atoms with Gasteiger partial charge in [-0.3, -0.25) is 0 Å². The van der Waals surface area contributed by atoms with E-state index in [-0.39, 0.29) is 16.8 Å². The molecule has 1 fully saturated rings. The molecule has 0 saturated carbocycles. The maximum absolute atomic E-state index is 10.8. The Morgan fingerprint density at radius 3 is 2.93 bits per heavy atom. The molecule has 2 rings (SSSR count). The van der Waals surface area contributed by atoms with Crippen LogP contribution in [0.3, 0.4) is 0 Å². The number of cyclic esters (lactones) is 1. The van der Waals surface area contributed by atoms with Gasteiger partial charge in [0.2, 0.25) is 0 Å². The first-order valence-corrected chi connectivity index (χ1v) is 4.46. The molecule has 74 valence electrons. The molecule has 1 aliphatic heterocycles. The van der Waals surface area contributed by atoms with Gasteiger partial charge in [0.25, 0.3) is 0 Å². The van der Waals surface area contributed by atoms with E-state index in [1.807, 2.05) is 0 Å². The lowest BCUT2D eigenvalue weighted by Crippen LogP contribution is -2.18. The highest BCUT2D eigenvalue weighted by Crippen LogP contribution is 2.27. The van der Waals surface area contributed by atoms with Gasteiger partial charge in [0.15, 0.2) is 0 Å². The Bertz CT molecular complexity index is 380. The lowest BCUT2D eigenvalue weighted by Gasteiger charge is -2.08. The van der Waals surface area contributed by atoms with Crippen LogP contribution in [0, 0.1) is 0 Å². The van der Waals surface area contributed by atoms with Gasteiger partial charge >= 0.3 is 6.09 Å². The van der Waals surface area contributed by atoms with Crippen LogP contribution in [0.25, 0.3) is 0 Å². The average Bonchev–Trinajstić information content (AvgIpc) is 2.57. The SMILES string of the molecule is O=C1N[C@H](c2ccc(O)c(Cl)c2)CO1. The van der Waals surface area contributed by atoms with E-state index in [9.17, 15) is 9.90 Å². The zero-order valence-corrected chi connectivity index (χ0v) is 7.91. The van der Waals surface area contributed by atoms with Gasteiger partial charge in [-0.05, 0) is 17.7 Å². The van der Waals surface area contributed by atoms with Crippen LogP contribution < -0.4 is 5.32 Å². The monoisotopic (exact) mass is 213 g/mol. The van der Waals surface area contributed by atoms with Crippen molar-refractivity contribution in [2.24, 2.45) is 0 Å². The van der Waals surface area contributed by atoms with Crippen molar-refractivity contribution in [1.29, 1.82) is 0 Å². The average molecular weight is 214 g/mol. The maximum atomic E-state index is 10.8. The number of hydrogen-bond acceptors (Lipinski definition) is 3. The van der Waals surface area contributed by atoms with Crippen molar-refractivity contribution in [2.45, 2.75) is 6.04 Å². The number of alkyl carbamates (subject to hydrolysis) is 1. The number of carbonyl (C=O) groups is 1. The van der Waals surface area contributed by atoms with Crippen LogP contribution in [0.1, 0.15) is 11.6 Å². The number of phenolic OH excluding ortho intramolecular Hbond substituents is 1. The standard InChI is InChI=1S/C9H8ClNO3/c10-6-3-5(1-2-8(6)12)7-4-14-9(13)11-7/h1-3,7,12H,4H2,(H,11,13)/t7-/m0/s1. The minimum absolute atomic E-state index is 0.0284. The molecule has 1 aromatic carbocycles. The summed E-state index contributed by atoms with van der Waals surface area (Å²) in [6, 6.07) is 4.61. The van der Waals surface area contributed by atoms with E-state index in [2.05, 4.69) is 5.32 Å². The molecule has 0 aliphatic carbocycles. The molecule has 0 bridgehead atoms. The Kier molecular flexibility index (Phi) is 2.21. The predicted octanol–water partition coefficient (Wildman–Crippen LogP) is 1.83. The fraction of sp³-hybridized carbons (Fsp3) is 0.222. The van der Waals surface area contributed by atoms with Crippen LogP contribution in [0.15, 0.2) is 18.2 Å². The summed E-state index contributed by atoms with van der Waals surface area (Å²) < 4.78 is 4.73. The second kappa shape index (κ2) is 3.38. The molecule has 0 radical (unpaired) electrons. The molecule has 2 N–H and O–H groups in total. The number of amides is 1. The van der Waals surface area contributed by atoms with Gasteiger partial charge in [-0.1, -0.05) is 17.7 Å². The Labute approximate surface area is 85.4 Å². The summed E-state index contributed by atoms with van der Waals surface area (Å²) in [6.07, 6.45) is -0.431. The zero-order valence-electron chi connectivity index (χ0n) is 7.16. The van der Waals surface area contributed by atoms with Gasteiger partial charge in [0.1, 0.15) is 12.4 Å². The highest BCUT2D eigenvalue weighted by Gasteiger charge is 2.23. The van der Waals surface area contributed by atoms with Gasteiger partial charge < -0.3 is 15.2 Å². The third-order valence-electron chi connectivity index (χ3n) is 2.05. The maximum Gasteiger partial charge on any atom is 0.407 e. The number of aromatic hydroxyl groups is 1. The molecule has 1 aliphatic rings. The molecule has 1 amide bonds. The van der Waals surface area contributed by atoms with Gasteiger partial charge in [0.05, 0.1) is 11.1 Å². The first-order chi connectivity index (χ1) is 6.66. The van der Waals surface area contributed by atoms with Crippen molar-refractivity contribution in [3.63, 3.8) is 0 Å². The van der Waals surface area contributed by atoms with Crippen molar-refractivity contribution in [3.05, 3.63) is 28.8 Å². The van der Waals surface area contributed by atoms with Crippen LogP contribution in [0.5, 0.6) is 5.75 Å². The summed E-state index contributed by atoms with van der Waals surface area (Å²) in [6.45, 7) is 0.292. The van der Waals surface area contributed by atoms with Gasteiger partial charge in [-0.15, -0.1) is 0 Å². The zero-order chi connectivity index (χ0) is 10.1. The van der Waals surface area contributed by atoms with Gasteiger partial charge in [-0.2, -0.15) is 0 Å². The number of ether oxygens (including phenoxy) is 1. The molecular formula is C9H8ClNO3. The van der Waals surface area contributed by atoms with Crippen LogP contribution >= 0.6 is 11.6 Å². The molecule has 1 aromatic rings. The highest BCUT2D eigenvalue weighted by molar-refractivity contribution is 6.32. The van der Waals surface area contributed by atoms with Gasteiger partial charge in [-0.25, -0.2) is 4.79 Å². The number of benzene rings is 1. The van der Waals surface area contributed by atoms with Crippen molar-refractivity contribution in [2.75, 3.05) is 6.61 Å². The van der Waals surface area contributed by atoms with Crippen LogP contribution in [0.4, 0.5) is 4.79 Å². The van der Waals surface area contributed by atoms with E-state index in [4.69, 9.17) is 16.3 Å². The molecule has 1 atom stereocenters. The largest absolute Gasteiger partial charge is 0.506 e. The normalized spacial score (nSPS) is 20.4. The lowest BCUT2D eigenvalue weighted by atomic mass is 10.1. The summed E-state index contributed by atoms with van der Waals surface area (Å²) >= 11 is 5.73. The fourth-order valence-electron chi connectivity index (χ4n) is 1.30. The van der Waals surface area contributed by atoms with Gasteiger partial charge in [0, 0.05) is 0 Å². The summed E-state index contributed by atoms with van der Waals surface area (Å²) in [4.78, 5) is 10.8. The second-order valence-corrected chi connectivity index (χ2v) is 3.41. The Morgan fingerprint density at radius 1 is 1.57 bits per heavy atom. The molecular weight excluding hydrogens is 206 g/mol. The smallest absolute Gasteiger partial charge is 0.407 e. The van der Waals surface area contributed by atoms with Crippen LogP contribution in [0.2, 0.25) is 5.02 Å². The minimum Gasteiger partial charge on any atom is -0.506 e. The molecule has 14 heavy (non-hydrogen) atoms. The molecule has 4 nitrogen and oxygen atoms in total.